The van der Waals surface area contributed by atoms with E-state index in [1.54, 1.807) is 20.0 Å². The minimum absolute atomic E-state index is 0.0422. The van der Waals surface area contributed by atoms with Crippen LogP contribution in [-0.2, 0) is 4.79 Å². The predicted octanol–water partition coefficient (Wildman–Crippen LogP) is 1.89. The highest BCUT2D eigenvalue weighted by atomic mass is 79.9. The maximum absolute atomic E-state index is 11.7. The lowest BCUT2D eigenvalue weighted by atomic mass is 10.1. The molecule has 0 saturated heterocycles. The first-order valence-corrected chi connectivity index (χ1v) is 5.72. The topological polar surface area (TPSA) is 66.8 Å². The number of fused-ring (bicyclic) bond motifs is 1. The van der Waals surface area contributed by atoms with Crippen LogP contribution in [0.3, 0.4) is 0 Å². The number of ether oxygens (including phenoxy) is 1. The number of hydrogen-bond acceptors (Lipinski definition) is 3. The molecule has 0 aliphatic carbocycles. The van der Waals surface area contributed by atoms with Crippen molar-refractivity contribution in [3.8, 4) is 5.75 Å². The zero-order chi connectivity index (χ0) is 12.7. The molecule has 6 heteroatoms. The summed E-state index contributed by atoms with van der Waals surface area (Å²) in [5.41, 5.74) is 0.500. The van der Waals surface area contributed by atoms with Crippen molar-refractivity contribution in [3.63, 3.8) is 0 Å². The fourth-order valence-corrected chi connectivity index (χ4v) is 2.18. The first kappa shape index (κ1) is 11.9. The second-order valence-electron chi connectivity index (χ2n) is 3.76. The molecule has 0 fully saturated rings. The number of benzene rings is 1. The highest BCUT2D eigenvalue weighted by Gasteiger charge is 2.32. The van der Waals surface area contributed by atoms with Crippen molar-refractivity contribution in [1.82, 2.24) is 0 Å². The number of likely N-dealkylation sites (N-methyl/N-ethyl adjacent to an activating group) is 1. The van der Waals surface area contributed by atoms with Crippen LogP contribution in [0, 0.1) is 0 Å². The van der Waals surface area contributed by atoms with Crippen molar-refractivity contribution < 1.29 is 19.4 Å². The van der Waals surface area contributed by atoms with Gasteiger partial charge < -0.3 is 14.7 Å². The molecule has 0 radical (unpaired) electrons. The van der Waals surface area contributed by atoms with E-state index in [2.05, 4.69) is 15.9 Å². The molecule has 0 spiro atoms. The summed E-state index contributed by atoms with van der Waals surface area (Å²) >= 11 is 3.22. The van der Waals surface area contributed by atoms with Crippen molar-refractivity contribution >= 4 is 33.5 Å². The van der Waals surface area contributed by atoms with Crippen LogP contribution < -0.4 is 9.64 Å². The van der Waals surface area contributed by atoms with E-state index in [0.29, 0.717) is 10.2 Å². The maximum atomic E-state index is 11.7. The van der Waals surface area contributed by atoms with Gasteiger partial charge in [0.25, 0.3) is 5.91 Å². The highest BCUT2D eigenvalue weighted by molar-refractivity contribution is 9.10. The molecule has 90 valence electrons. The van der Waals surface area contributed by atoms with E-state index in [1.165, 1.54) is 11.0 Å². The number of carboxylic acids is 1. The van der Waals surface area contributed by atoms with Gasteiger partial charge in [0.05, 0.1) is 5.69 Å². The zero-order valence-corrected chi connectivity index (χ0v) is 10.8. The third-order valence-electron chi connectivity index (χ3n) is 2.60. The quantitative estimate of drug-likeness (QED) is 0.860. The number of aromatic carboxylic acids is 1. The molecule has 0 aromatic heterocycles. The van der Waals surface area contributed by atoms with E-state index in [4.69, 9.17) is 9.84 Å². The van der Waals surface area contributed by atoms with E-state index in [1.807, 2.05) is 0 Å². The minimum atomic E-state index is -1.09. The summed E-state index contributed by atoms with van der Waals surface area (Å²) < 4.78 is 5.96. The summed E-state index contributed by atoms with van der Waals surface area (Å²) in [4.78, 5) is 24.2. The van der Waals surface area contributed by atoms with Gasteiger partial charge in [0.15, 0.2) is 11.9 Å². The summed E-state index contributed by atoms with van der Waals surface area (Å²) in [6.07, 6.45) is -0.674. The zero-order valence-electron chi connectivity index (χ0n) is 9.23. The number of nitrogens with zero attached hydrogens (tertiary/aromatic N) is 1. The molecular weight excluding hydrogens is 290 g/mol. The minimum Gasteiger partial charge on any atom is -0.478 e. The van der Waals surface area contributed by atoms with Gasteiger partial charge in [-0.3, -0.25) is 4.79 Å². The van der Waals surface area contributed by atoms with Gasteiger partial charge in [-0.1, -0.05) is 15.9 Å². The Hall–Kier alpha value is -1.56. The van der Waals surface area contributed by atoms with Crippen LogP contribution in [0.1, 0.15) is 17.3 Å². The number of carboxylic acid groups (broad SMARTS) is 1. The number of carbonyl (C=O) groups excluding carboxylic acids is 1. The van der Waals surface area contributed by atoms with Crippen LogP contribution >= 0.6 is 15.9 Å². The molecule has 1 N–H and O–H groups in total. The lowest BCUT2D eigenvalue weighted by Crippen LogP contribution is -2.42. The molecular formula is C11H10BrNO4. The number of rotatable bonds is 1. The predicted molar refractivity (Wildman–Crippen MR) is 64.6 cm³/mol. The Balaban J connectivity index is 2.66. The molecule has 1 aromatic carbocycles. The smallest absolute Gasteiger partial charge is 0.339 e. The molecule has 2 rings (SSSR count). The number of amides is 1. The fraction of sp³-hybridized carbons (Fsp3) is 0.273. The van der Waals surface area contributed by atoms with Gasteiger partial charge in [-0.2, -0.15) is 0 Å². The highest BCUT2D eigenvalue weighted by Crippen LogP contribution is 2.38. The van der Waals surface area contributed by atoms with Crippen molar-refractivity contribution in [2.75, 3.05) is 11.9 Å². The summed E-state index contributed by atoms with van der Waals surface area (Å²) in [7, 11) is 1.60. The Kier molecular flexibility index (Phi) is 2.82. The van der Waals surface area contributed by atoms with E-state index in [0.717, 1.165) is 0 Å². The van der Waals surface area contributed by atoms with Crippen LogP contribution in [-0.4, -0.2) is 30.1 Å². The molecule has 0 saturated carbocycles. The number of halogens is 1. The molecule has 5 nitrogen and oxygen atoms in total. The Morgan fingerprint density at radius 3 is 2.76 bits per heavy atom. The van der Waals surface area contributed by atoms with Crippen LogP contribution in [0.15, 0.2) is 16.6 Å². The van der Waals surface area contributed by atoms with Crippen LogP contribution in [0.5, 0.6) is 5.75 Å². The van der Waals surface area contributed by atoms with Crippen LogP contribution in [0.4, 0.5) is 5.69 Å². The van der Waals surface area contributed by atoms with Gasteiger partial charge >= 0.3 is 5.97 Å². The van der Waals surface area contributed by atoms with Gasteiger partial charge in [-0.25, -0.2) is 4.79 Å². The molecule has 1 amide bonds. The Morgan fingerprint density at radius 1 is 1.53 bits per heavy atom. The number of carbonyl (C=O) groups is 2. The third-order valence-corrected chi connectivity index (χ3v) is 3.06. The van der Waals surface area contributed by atoms with Gasteiger partial charge in [0, 0.05) is 11.5 Å². The standard InChI is InChI=1S/C11H10BrNO4/c1-5-10(14)13(2)8-4-6(12)3-7(11(15)16)9(8)17-5/h3-5H,1-2H3,(H,15,16). The molecule has 0 bridgehead atoms. The monoisotopic (exact) mass is 299 g/mol. The second-order valence-corrected chi connectivity index (χ2v) is 4.68. The van der Waals surface area contributed by atoms with Gasteiger partial charge in [0.2, 0.25) is 0 Å². The van der Waals surface area contributed by atoms with E-state index in [-0.39, 0.29) is 17.2 Å². The lowest BCUT2D eigenvalue weighted by molar-refractivity contribution is -0.125. The summed E-state index contributed by atoms with van der Waals surface area (Å²) in [6, 6.07) is 3.11. The SMILES string of the molecule is CC1Oc2c(C(=O)O)cc(Br)cc2N(C)C1=O. The first-order chi connectivity index (χ1) is 7.91. The molecule has 1 aromatic rings. The van der Waals surface area contributed by atoms with Gasteiger partial charge in [-0.05, 0) is 19.1 Å². The van der Waals surface area contributed by atoms with Crippen LogP contribution in [0.2, 0.25) is 0 Å². The average Bonchev–Trinajstić information content (AvgIpc) is 2.26. The van der Waals surface area contributed by atoms with E-state index >= 15 is 0 Å². The lowest BCUT2D eigenvalue weighted by Gasteiger charge is -2.31. The van der Waals surface area contributed by atoms with Gasteiger partial charge in [-0.15, -0.1) is 0 Å². The third kappa shape index (κ3) is 1.88. The molecule has 17 heavy (non-hydrogen) atoms. The Morgan fingerprint density at radius 2 is 2.18 bits per heavy atom. The molecule has 1 aliphatic rings. The molecule has 1 atom stereocenters. The van der Waals surface area contributed by atoms with E-state index in [9.17, 15) is 9.59 Å². The van der Waals surface area contributed by atoms with Crippen molar-refractivity contribution in [1.29, 1.82) is 0 Å². The van der Waals surface area contributed by atoms with Gasteiger partial charge in [0.1, 0.15) is 5.56 Å². The average molecular weight is 300 g/mol. The molecule has 1 unspecified atom stereocenters. The van der Waals surface area contributed by atoms with Crippen molar-refractivity contribution in [3.05, 3.63) is 22.2 Å². The number of anilines is 1. The fourth-order valence-electron chi connectivity index (χ4n) is 1.73. The van der Waals surface area contributed by atoms with E-state index < -0.39 is 12.1 Å². The summed E-state index contributed by atoms with van der Waals surface area (Å²) in [5, 5.41) is 9.10. The largest absolute Gasteiger partial charge is 0.478 e. The molecule has 1 aliphatic heterocycles. The summed E-state index contributed by atoms with van der Waals surface area (Å²) in [6.45, 7) is 1.59. The van der Waals surface area contributed by atoms with Crippen molar-refractivity contribution in [2.24, 2.45) is 0 Å². The second kappa shape index (κ2) is 4.03. The molecule has 1 heterocycles. The first-order valence-electron chi connectivity index (χ1n) is 4.93. The number of hydrogen-bond donors (Lipinski definition) is 1. The van der Waals surface area contributed by atoms with Crippen molar-refractivity contribution in [2.45, 2.75) is 13.0 Å². The Bertz CT molecular complexity index is 514. The Labute approximate surface area is 106 Å². The normalized spacial score (nSPS) is 18.6. The summed E-state index contributed by atoms with van der Waals surface area (Å²) in [5.74, 6) is -1.06. The maximum Gasteiger partial charge on any atom is 0.339 e. The van der Waals surface area contributed by atoms with Crippen LogP contribution in [0.25, 0.3) is 0 Å².